The number of amides is 3. The maximum Gasteiger partial charge on any atom is 0.258 e. The Balaban J connectivity index is 1.24. The Morgan fingerprint density at radius 3 is 2.90 bits per heavy atom. The molecule has 1 spiro atoms. The van der Waals surface area contributed by atoms with E-state index in [0.717, 1.165) is 31.4 Å². The predicted molar refractivity (Wildman–Crippen MR) is 115 cm³/mol. The highest BCUT2D eigenvalue weighted by Crippen LogP contribution is 2.34. The predicted octanol–water partition coefficient (Wildman–Crippen LogP) is 2.49. The van der Waals surface area contributed by atoms with Crippen LogP contribution in [0.4, 0.5) is 5.13 Å². The summed E-state index contributed by atoms with van der Waals surface area (Å²) in [7, 11) is 0. The van der Waals surface area contributed by atoms with Crippen LogP contribution in [0, 0.1) is 0 Å². The number of carbonyl (C=O) groups excluding carboxylic acids is 3. The fourth-order valence-corrected chi connectivity index (χ4v) is 5.48. The summed E-state index contributed by atoms with van der Waals surface area (Å²) >= 11 is 1.53. The lowest BCUT2D eigenvalue weighted by Crippen LogP contribution is -2.56. The molecule has 1 aromatic carbocycles. The van der Waals surface area contributed by atoms with Crippen molar-refractivity contribution in [3.63, 3.8) is 0 Å². The van der Waals surface area contributed by atoms with Crippen molar-refractivity contribution in [1.29, 1.82) is 0 Å². The molecule has 8 nitrogen and oxygen atoms in total. The van der Waals surface area contributed by atoms with Gasteiger partial charge in [-0.25, -0.2) is 4.98 Å². The van der Waals surface area contributed by atoms with Crippen LogP contribution in [0.25, 0.3) is 0 Å². The molecule has 3 aliphatic rings. The van der Waals surface area contributed by atoms with Crippen molar-refractivity contribution in [3.8, 4) is 5.75 Å². The Hall–Kier alpha value is -2.94. The van der Waals surface area contributed by atoms with E-state index < -0.39 is 5.72 Å². The van der Waals surface area contributed by atoms with Gasteiger partial charge >= 0.3 is 0 Å². The van der Waals surface area contributed by atoms with Crippen LogP contribution in [0.3, 0.4) is 0 Å². The zero-order valence-electron chi connectivity index (χ0n) is 17.1. The Morgan fingerprint density at radius 2 is 2.03 bits per heavy atom. The average Bonchev–Trinajstić information content (AvgIpc) is 3.11. The van der Waals surface area contributed by atoms with Gasteiger partial charge in [0.1, 0.15) is 5.75 Å². The highest BCUT2D eigenvalue weighted by Gasteiger charge is 2.42. The number of ether oxygens (including phenoxy) is 1. The van der Waals surface area contributed by atoms with Crippen LogP contribution in [0.15, 0.2) is 24.3 Å². The van der Waals surface area contributed by atoms with Gasteiger partial charge in [0, 0.05) is 30.7 Å². The molecule has 1 atom stereocenters. The molecule has 1 aromatic heterocycles. The number of nitrogens with zero attached hydrogens (tertiary/aromatic N) is 2. The summed E-state index contributed by atoms with van der Waals surface area (Å²) in [6.07, 6.45) is 5.25. The molecule has 0 unspecified atom stereocenters. The van der Waals surface area contributed by atoms with E-state index in [1.54, 1.807) is 18.2 Å². The zero-order chi connectivity index (χ0) is 21.4. The van der Waals surface area contributed by atoms with Gasteiger partial charge in [-0.15, -0.1) is 11.3 Å². The second-order valence-corrected chi connectivity index (χ2v) is 9.34. The van der Waals surface area contributed by atoms with Crippen LogP contribution in [0.1, 0.15) is 53.0 Å². The Labute approximate surface area is 184 Å². The molecule has 3 heterocycles. The molecule has 162 valence electrons. The number of carbonyl (C=O) groups is 3. The SMILES string of the molecule is O=C(CN1CC[C@@]2(CCC1=O)NC(=O)c1ccccc1O2)Nc1nc2c(s1)CCCC2. The Bertz CT molecular complexity index is 1030. The van der Waals surface area contributed by atoms with Crippen molar-refractivity contribution in [3.05, 3.63) is 40.4 Å². The number of benzene rings is 1. The molecule has 0 bridgehead atoms. The van der Waals surface area contributed by atoms with Gasteiger partial charge in [0.25, 0.3) is 5.91 Å². The Morgan fingerprint density at radius 1 is 1.19 bits per heavy atom. The third-order valence-corrected chi connectivity index (χ3v) is 7.16. The molecule has 3 amide bonds. The minimum Gasteiger partial charge on any atom is -0.467 e. The van der Waals surface area contributed by atoms with Crippen LogP contribution < -0.4 is 15.4 Å². The van der Waals surface area contributed by atoms with Gasteiger partial charge in [-0.05, 0) is 37.8 Å². The number of fused-ring (bicyclic) bond motifs is 2. The van der Waals surface area contributed by atoms with Crippen LogP contribution in [0.2, 0.25) is 0 Å². The van der Waals surface area contributed by atoms with Crippen molar-refractivity contribution in [2.24, 2.45) is 0 Å². The van der Waals surface area contributed by atoms with Gasteiger partial charge in [0.2, 0.25) is 11.8 Å². The van der Waals surface area contributed by atoms with E-state index >= 15 is 0 Å². The van der Waals surface area contributed by atoms with E-state index in [4.69, 9.17) is 4.74 Å². The van der Waals surface area contributed by atoms with Crippen molar-refractivity contribution >= 4 is 34.2 Å². The molecule has 1 saturated heterocycles. The summed E-state index contributed by atoms with van der Waals surface area (Å²) in [4.78, 5) is 45.1. The van der Waals surface area contributed by atoms with Crippen LogP contribution in [0.5, 0.6) is 5.75 Å². The number of aromatic nitrogens is 1. The average molecular weight is 441 g/mol. The smallest absolute Gasteiger partial charge is 0.258 e. The second kappa shape index (κ2) is 7.96. The maximum atomic E-state index is 12.7. The van der Waals surface area contributed by atoms with E-state index in [1.807, 2.05) is 6.07 Å². The molecule has 0 saturated carbocycles. The van der Waals surface area contributed by atoms with Crippen LogP contribution in [-0.4, -0.2) is 46.4 Å². The molecule has 2 aliphatic heterocycles. The molecule has 1 aliphatic carbocycles. The Kier molecular flexibility index (Phi) is 5.13. The summed E-state index contributed by atoms with van der Waals surface area (Å²) in [5, 5.41) is 6.40. The fraction of sp³-hybridized carbons (Fsp3) is 0.455. The van der Waals surface area contributed by atoms with Gasteiger partial charge < -0.3 is 20.3 Å². The highest BCUT2D eigenvalue weighted by atomic mass is 32.1. The van der Waals surface area contributed by atoms with E-state index in [1.165, 1.54) is 21.1 Å². The van der Waals surface area contributed by atoms with E-state index in [0.29, 0.717) is 35.8 Å². The first-order chi connectivity index (χ1) is 15.0. The van der Waals surface area contributed by atoms with Crippen molar-refractivity contribution < 1.29 is 19.1 Å². The number of likely N-dealkylation sites (tertiary alicyclic amines) is 1. The second-order valence-electron chi connectivity index (χ2n) is 8.26. The lowest BCUT2D eigenvalue weighted by Gasteiger charge is -2.38. The first-order valence-electron chi connectivity index (χ1n) is 10.7. The molecule has 5 rings (SSSR count). The van der Waals surface area contributed by atoms with E-state index in [9.17, 15) is 14.4 Å². The molecular formula is C22H24N4O4S. The monoisotopic (exact) mass is 440 g/mol. The summed E-state index contributed by atoms with van der Waals surface area (Å²) in [6, 6.07) is 7.09. The summed E-state index contributed by atoms with van der Waals surface area (Å²) in [6.45, 7) is 0.284. The van der Waals surface area contributed by atoms with Gasteiger partial charge in [-0.1, -0.05) is 12.1 Å². The number of anilines is 1. The van der Waals surface area contributed by atoms with Crippen LogP contribution >= 0.6 is 11.3 Å². The first-order valence-corrected chi connectivity index (χ1v) is 11.5. The molecule has 2 N–H and O–H groups in total. The number of para-hydroxylation sites is 1. The number of rotatable bonds is 3. The van der Waals surface area contributed by atoms with Gasteiger partial charge in [-0.3, -0.25) is 14.4 Å². The molecule has 31 heavy (non-hydrogen) atoms. The summed E-state index contributed by atoms with van der Waals surface area (Å²) in [5.74, 6) is -0.0534. The molecule has 9 heteroatoms. The molecular weight excluding hydrogens is 416 g/mol. The minimum absolute atomic E-state index is 0.0380. The molecule has 2 aromatic rings. The largest absolute Gasteiger partial charge is 0.467 e. The quantitative estimate of drug-likeness (QED) is 0.764. The standard InChI is InChI=1S/C22H24N4O4S/c27-18(24-21-23-15-6-2-4-8-17(15)31-21)13-26-12-11-22(10-9-19(26)28)25-20(29)14-5-1-3-7-16(14)30-22/h1,3,5,7H,2,4,6,8-13H2,(H,25,29)(H,23,24,27)/t22-/m0/s1. The topological polar surface area (TPSA) is 101 Å². The van der Waals surface area contributed by atoms with Gasteiger partial charge in [0.15, 0.2) is 10.9 Å². The number of thiazole rings is 1. The number of aryl methyl sites for hydroxylation is 2. The lowest BCUT2D eigenvalue weighted by molar-refractivity contribution is -0.134. The summed E-state index contributed by atoms with van der Waals surface area (Å²) < 4.78 is 6.13. The number of nitrogens with one attached hydrogen (secondary N) is 2. The minimum atomic E-state index is -0.930. The first kappa shape index (κ1) is 20.0. The lowest BCUT2D eigenvalue weighted by atomic mass is 10.0. The fourth-order valence-electron chi connectivity index (χ4n) is 4.42. The maximum absolute atomic E-state index is 12.7. The summed E-state index contributed by atoms with van der Waals surface area (Å²) in [5.41, 5.74) is 0.650. The third kappa shape index (κ3) is 4.01. The van der Waals surface area contributed by atoms with Crippen molar-refractivity contribution in [2.75, 3.05) is 18.4 Å². The normalized spacial score (nSPS) is 22.8. The van der Waals surface area contributed by atoms with Gasteiger partial charge in [-0.2, -0.15) is 0 Å². The van der Waals surface area contributed by atoms with Gasteiger partial charge in [0.05, 0.1) is 17.8 Å². The number of hydrogen-bond donors (Lipinski definition) is 2. The van der Waals surface area contributed by atoms with E-state index in [-0.39, 0.29) is 30.7 Å². The van der Waals surface area contributed by atoms with E-state index in [2.05, 4.69) is 15.6 Å². The molecule has 1 fully saturated rings. The van der Waals surface area contributed by atoms with Crippen molar-refractivity contribution in [2.45, 2.75) is 50.7 Å². The van der Waals surface area contributed by atoms with Crippen LogP contribution in [-0.2, 0) is 22.4 Å². The molecule has 0 radical (unpaired) electrons. The zero-order valence-corrected chi connectivity index (χ0v) is 17.9. The number of hydrogen-bond acceptors (Lipinski definition) is 6. The third-order valence-electron chi connectivity index (χ3n) is 6.09. The van der Waals surface area contributed by atoms with Crippen molar-refractivity contribution in [1.82, 2.24) is 15.2 Å². The highest BCUT2D eigenvalue weighted by molar-refractivity contribution is 7.15.